The van der Waals surface area contributed by atoms with Crippen LogP contribution in [0, 0.1) is 32.8 Å². The van der Waals surface area contributed by atoms with E-state index >= 15 is 0 Å². The minimum atomic E-state index is -1.29. The van der Waals surface area contributed by atoms with Gasteiger partial charge in [-0.15, -0.1) is 10.2 Å². The lowest BCUT2D eigenvalue weighted by Crippen LogP contribution is -1.99. The number of azo groups is 1. The van der Waals surface area contributed by atoms with Gasteiger partial charge in [0.05, 0.1) is 4.92 Å². The van der Waals surface area contributed by atoms with Crippen molar-refractivity contribution in [1.82, 2.24) is 0 Å². The Morgan fingerprint density at radius 3 is 2.50 bits per heavy atom. The fourth-order valence-electron chi connectivity index (χ4n) is 1.11. The number of ketones is 1. The van der Waals surface area contributed by atoms with Gasteiger partial charge in [-0.3, -0.25) is 14.9 Å². The zero-order valence-electron chi connectivity index (χ0n) is 9.72. The van der Waals surface area contributed by atoms with Crippen LogP contribution >= 0.6 is 0 Å². The van der Waals surface area contributed by atoms with Gasteiger partial charge in [-0.05, 0) is 6.07 Å². The first-order valence-electron chi connectivity index (χ1n) is 4.94. The molecule has 98 valence electrons. The largest absolute Gasteiger partial charge is 0.498 e. The van der Waals surface area contributed by atoms with Crippen LogP contribution < -0.4 is 0 Å². The van der Waals surface area contributed by atoms with Crippen molar-refractivity contribution in [1.29, 1.82) is 10.5 Å². The SMILES string of the molecule is N#CC(=O)/C(N=Nc1ccccc1[N+](=O)[O-])=C(/O)C#N. The van der Waals surface area contributed by atoms with Crippen molar-refractivity contribution in [2.75, 3.05) is 0 Å². The third kappa shape index (κ3) is 3.21. The number of nitro groups is 1. The molecule has 1 N–H and O–H groups in total. The summed E-state index contributed by atoms with van der Waals surface area (Å²) in [6.45, 7) is 0. The number of nitrogens with zero attached hydrogens (tertiary/aromatic N) is 5. The Bertz CT molecular complexity index is 708. The highest BCUT2D eigenvalue weighted by molar-refractivity contribution is 6.07. The number of benzene rings is 1. The van der Waals surface area contributed by atoms with Crippen LogP contribution in [0.15, 0.2) is 46.0 Å². The Hall–Kier alpha value is -3.59. The fourth-order valence-corrected chi connectivity index (χ4v) is 1.11. The number of aliphatic hydroxyl groups excluding tert-OH is 1. The van der Waals surface area contributed by atoms with Gasteiger partial charge in [0.25, 0.3) is 11.5 Å². The summed E-state index contributed by atoms with van der Waals surface area (Å²) < 4.78 is 0. The molecule has 0 radical (unpaired) electrons. The summed E-state index contributed by atoms with van der Waals surface area (Å²) >= 11 is 0. The number of nitriles is 2. The Morgan fingerprint density at radius 1 is 1.30 bits per heavy atom. The third-order valence-corrected chi connectivity index (χ3v) is 1.98. The lowest BCUT2D eigenvalue weighted by Gasteiger charge is -1.96. The molecule has 20 heavy (non-hydrogen) atoms. The van der Waals surface area contributed by atoms with Crippen LogP contribution in [0.25, 0.3) is 0 Å². The first kappa shape index (κ1) is 14.5. The van der Waals surface area contributed by atoms with Gasteiger partial charge in [-0.25, -0.2) is 0 Å². The maximum atomic E-state index is 11.1. The topological polar surface area (TPSA) is 153 Å². The van der Waals surface area contributed by atoms with E-state index in [4.69, 9.17) is 15.6 Å². The van der Waals surface area contributed by atoms with Crippen LogP contribution in [0.3, 0.4) is 0 Å². The second-order valence-corrected chi connectivity index (χ2v) is 3.20. The molecule has 0 spiro atoms. The lowest BCUT2D eigenvalue weighted by atomic mass is 10.3. The van der Waals surface area contributed by atoms with Gasteiger partial charge in [0, 0.05) is 6.07 Å². The predicted molar refractivity (Wildman–Crippen MR) is 63.5 cm³/mol. The van der Waals surface area contributed by atoms with Gasteiger partial charge in [0.1, 0.15) is 12.1 Å². The molecule has 0 aliphatic heterocycles. The van der Waals surface area contributed by atoms with Gasteiger partial charge in [0.2, 0.25) is 5.76 Å². The number of carbonyl (C=O) groups excluding carboxylic acids is 1. The first-order valence-corrected chi connectivity index (χ1v) is 4.94. The molecule has 0 amide bonds. The molecule has 0 saturated carbocycles. The molecular weight excluding hydrogens is 266 g/mol. The fraction of sp³-hybridized carbons (Fsp3) is 0. The van der Waals surface area contributed by atoms with Gasteiger partial charge in [0.15, 0.2) is 11.4 Å². The predicted octanol–water partition coefficient (Wildman–Crippen LogP) is 2.06. The molecule has 9 heteroatoms. The minimum Gasteiger partial charge on any atom is -0.498 e. The summed E-state index contributed by atoms with van der Waals surface area (Å²) in [7, 11) is 0. The quantitative estimate of drug-likeness (QED) is 0.129. The number of hydrogen-bond donors (Lipinski definition) is 1. The van der Waals surface area contributed by atoms with Crippen LogP contribution in [0.4, 0.5) is 11.4 Å². The first-order chi connectivity index (χ1) is 9.51. The average molecular weight is 271 g/mol. The summed E-state index contributed by atoms with van der Waals surface area (Å²) in [5.74, 6) is -2.38. The van der Waals surface area contributed by atoms with Crippen LogP contribution in [0.5, 0.6) is 0 Å². The molecule has 0 fully saturated rings. The van der Waals surface area contributed by atoms with E-state index in [-0.39, 0.29) is 11.4 Å². The number of rotatable bonds is 4. The molecule has 0 aromatic heterocycles. The Kier molecular flexibility index (Phi) is 4.61. The molecule has 1 aromatic rings. The summed E-state index contributed by atoms with van der Waals surface area (Å²) in [6.07, 6.45) is 0. The second kappa shape index (κ2) is 6.37. The third-order valence-electron chi connectivity index (χ3n) is 1.98. The average Bonchev–Trinajstić information content (AvgIpc) is 2.46. The van der Waals surface area contributed by atoms with Gasteiger partial charge >= 0.3 is 0 Å². The molecule has 0 atom stereocenters. The lowest BCUT2D eigenvalue weighted by molar-refractivity contribution is -0.384. The van der Waals surface area contributed by atoms with E-state index in [1.165, 1.54) is 24.3 Å². The Balaban J connectivity index is 3.28. The molecule has 0 saturated heterocycles. The van der Waals surface area contributed by atoms with E-state index in [1.807, 2.05) is 0 Å². The number of Topliss-reactive ketones (excluding diaryl/α,β-unsaturated/α-hetero) is 1. The zero-order valence-corrected chi connectivity index (χ0v) is 9.72. The molecule has 0 heterocycles. The second-order valence-electron chi connectivity index (χ2n) is 3.20. The molecule has 9 nitrogen and oxygen atoms in total. The number of hydrogen-bond acceptors (Lipinski definition) is 8. The molecule has 0 aliphatic rings. The van der Waals surface area contributed by atoms with E-state index in [0.717, 1.165) is 12.1 Å². The van der Waals surface area contributed by atoms with Gasteiger partial charge in [-0.2, -0.15) is 10.5 Å². The van der Waals surface area contributed by atoms with Crippen molar-refractivity contribution in [2.24, 2.45) is 10.2 Å². The molecular formula is C11H5N5O4. The highest BCUT2D eigenvalue weighted by atomic mass is 16.6. The Morgan fingerprint density at radius 2 is 1.95 bits per heavy atom. The van der Waals surface area contributed by atoms with Crippen molar-refractivity contribution in [3.63, 3.8) is 0 Å². The van der Waals surface area contributed by atoms with Crippen molar-refractivity contribution in [2.45, 2.75) is 0 Å². The normalized spacial score (nSPS) is 11.3. The van der Waals surface area contributed by atoms with E-state index in [1.54, 1.807) is 0 Å². The number of para-hydroxylation sites is 1. The van der Waals surface area contributed by atoms with E-state index in [9.17, 15) is 14.9 Å². The maximum absolute atomic E-state index is 11.1. The van der Waals surface area contributed by atoms with Crippen LogP contribution in [-0.2, 0) is 4.79 Å². The number of aliphatic hydroxyl groups is 1. The standard InChI is InChI=1S/C11H5N5O4/c12-5-9(17)11(10(18)6-13)15-14-7-3-1-2-4-8(7)16(19)20/h1-4,17H/b11-9-,15-14?. The summed E-state index contributed by atoms with van der Waals surface area (Å²) in [5.41, 5.74) is -1.45. The number of allylic oxidation sites excluding steroid dienone is 2. The summed E-state index contributed by atoms with van der Waals surface area (Å²) in [5, 5.41) is 43.4. The monoisotopic (exact) mass is 271 g/mol. The van der Waals surface area contributed by atoms with Crippen LogP contribution in [0.2, 0.25) is 0 Å². The number of carbonyl (C=O) groups is 1. The van der Waals surface area contributed by atoms with Crippen LogP contribution in [-0.4, -0.2) is 15.8 Å². The van der Waals surface area contributed by atoms with Crippen molar-refractivity contribution in [3.05, 3.63) is 45.8 Å². The molecule has 1 aromatic carbocycles. The minimum absolute atomic E-state index is 0.188. The van der Waals surface area contributed by atoms with Crippen molar-refractivity contribution < 1.29 is 14.8 Å². The van der Waals surface area contributed by atoms with Crippen molar-refractivity contribution >= 4 is 17.2 Å². The van der Waals surface area contributed by atoms with Gasteiger partial charge in [-0.1, -0.05) is 12.1 Å². The van der Waals surface area contributed by atoms with E-state index in [0.29, 0.717) is 0 Å². The van der Waals surface area contributed by atoms with Gasteiger partial charge < -0.3 is 5.11 Å². The van der Waals surface area contributed by atoms with Crippen LogP contribution in [0.1, 0.15) is 0 Å². The maximum Gasteiger partial charge on any atom is 0.296 e. The smallest absolute Gasteiger partial charge is 0.296 e. The molecule has 1 rings (SSSR count). The Labute approximate surface area is 111 Å². The van der Waals surface area contributed by atoms with E-state index in [2.05, 4.69) is 10.2 Å². The van der Waals surface area contributed by atoms with E-state index < -0.39 is 22.2 Å². The highest BCUT2D eigenvalue weighted by Gasteiger charge is 2.16. The zero-order chi connectivity index (χ0) is 15.1. The molecule has 0 unspecified atom stereocenters. The number of nitro benzene ring substituents is 1. The van der Waals surface area contributed by atoms with Crippen molar-refractivity contribution in [3.8, 4) is 12.1 Å². The molecule has 0 aliphatic carbocycles. The highest BCUT2D eigenvalue weighted by Crippen LogP contribution is 2.27. The summed E-state index contributed by atoms with van der Waals surface area (Å²) in [4.78, 5) is 21.1. The molecule has 0 bridgehead atoms. The summed E-state index contributed by atoms with van der Waals surface area (Å²) in [6, 6.07) is 7.65.